The number of benzene rings is 2. The Hall–Kier alpha value is -2.82. The monoisotopic (exact) mass is 310 g/mol. The van der Waals surface area contributed by atoms with Gasteiger partial charge in [-0.15, -0.1) is 0 Å². The van der Waals surface area contributed by atoms with Gasteiger partial charge in [-0.2, -0.15) is 4.98 Å². The number of hydrogen-bond acceptors (Lipinski definition) is 5. The van der Waals surface area contributed by atoms with Crippen LogP contribution in [0.4, 0.5) is 5.69 Å². The summed E-state index contributed by atoms with van der Waals surface area (Å²) in [4.78, 5) is 16.2. The highest BCUT2D eigenvalue weighted by Gasteiger charge is 2.13. The molecule has 1 heterocycles. The first kappa shape index (κ1) is 15.1. The van der Waals surface area contributed by atoms with Crippen molar-refractivity contribution >= 4 is 16.6 Å². The number of rotatable bonds is 5. The second-order valence-electron chi connectivity index (χ2n) is 5.37. The topological polar surface area (TPSA) is 78.4 Å². The van der Waals surface area contributed by atoms with E-state index in [0.717, 1.165) is 6.42 Å². The molecule has 0 aliphatic carbocycles. The number of nitrogens with zero attached hydrogens (tertiary/aromatic N) is 1. The van der Waals surface area contributed by atoms with E-state index in [2.05, 4.69) is 24.0 Å². The van der Waals surface area contributed by atoms with E-state index in [0.29, 0.717) is 23.2 Å². The lowest BCUT2D eigenvalue weighted by atomic mass is 9.98. The van der Waals surface area contributed by atoms with Gasteiger partial charge in [-0.1, -0.05) is 37.3 Å². The standard InChI is InChI=1S/C18H18N2O3/c1-2-12(13-6-4-3-5-7-13)11-22-18-20-16-10-14(19)8-9-15(16)17(21)23-18/h3-10,12H,2,11,19H2,1H3. The summed E-state index contributed by atoms with van der Waals surface area (Å²) in [6.45, 7) is 2.48. The summed E-state index contributed by atoms with van der Waals surface area (Å²) in [6.07, 6.45) is 0.886. The first-order chi connectivity index (χ1) is 11.2. The van der Waals surface area contributed by atoms with E-state index in [1.807, 2.05) is 18.2 Å². The molecule has 0 saturated heterocycles. The lowest BCUT2D eigenvalue weighted by Gasteiger charge is -2.15. The van der Waals surface area contributed by atoms with Crippen LogP contribution < -0.4 is 16.1 Å². The van der Waals surface area contributed by atoms with Gasteiger partial charge in [0.15, 0.2) is 0 Å². The van der Waals surface area contributed by atoms with Crippen molar-refractivity contribution < 1.29 is 9.15 Å². The predicted molar refractivity (Wildman–Crippen MR) is 89.7 cm³/mol. The van der Waals surface area contributed by atoms with Gasteiger partial charge in [-0.25, -0.2) is 4.79 Å². The molecule has 5 nitrogen and oxygen atoms in total. The summed E-state index contributed by atoms with van der Waals surface area (Å²) in [5.41, 5.74) is 7.45. The lowest BCUT2D eigenvalue weighted by molar-refractivity contribution is 0.200. The van der Waals surface area contributed by atoms with Gasteiger partial charge in [-0.05, 0) is 30.2 Å². The Balaban J connectivity index is 1.82. The molecule has 0 aliphatic rings. The fourth-order valence-corrected chi connectivity index (χ4v) is 2.48. The van der Waals surface area contributed by atoms with Gasteiger partial charge in [0.1, 0.15) is 0 Å². The van der Waals surface area contributed by atoms with Crippen LogP contribution in [0.5, 0.6) is 6.08 Å². The van der Waals surface area contributed by atoms with Crippen LogP contribution in [-0.4, -0.2) is 11.6 Å². The summed E-state index contributed by atoms with van der Waals surface area (Å²) >= 11 is 0. The summed E-state index contributed by atoms with van der Waals surface area (Å²) in [6, 6.07) is 15.0. The van der Waals surface area contributed by atoms with Gasteiger partial charge in [0.2, 0.25) is 0 Å². The van der Waals surface area contributed by atoms with Crippen molar-refractivity contribution in [1.82, 2.24) is 4.98 Å². The molecule has 1 atom stereocenters. The molecule has 23 heavy (non-hydrogen) atoms. The Bertz CT molecular complexity index is 859. The molecule has 0 bridgehead atoms. The van der Waals surface area contributed by atoms with E-state index in [1.165, 1.54) is 5.56 Å². The average molecular weight is 310 g/mol. The zero-order valence-corrected chi connectivity index (χ0v) is 12.9. The Labute approximate surface area is 133 Å². The number of aromatic nitrogens is 1. The molecule has 118 valence electrons. The molecular weight excluding hydrogens is 292 g/mol. The second-order valence-corrected chi connectivity index (χ2v) is 5.37. The number of ether oxygens (including phenoxy) is 1. The fourth-order valence-electron chi connectivity index (χ4n) is 2.48. The first-order valence-corrected chi connectivity index (χ1v) is 7.55. The highest BCUT2D eigenvalue weighted by molar-refractivity contribution is 5.80. The Morgan fingerprint density at radius 1 is 1.22 bits per heavy atom. The van der Waals surface area contributed by atoms with Crippen molar-refractivity contribution in [3.05, 3.63) is 64.5 Å². The Morgan fingerprint density at radius 3 is 2.74 bits per heavy atom. The fraction of sp³-hybridized carbons (Fsp3) is 0.222. The molecule has 0 saturated carbocycles. The molecule has 1 aromatic heterocycles. The maximum atomic E-state index is 12.0. The third kappa shape index (κ3) is 3.34. The third-order valence-corrected chi connectivity index (χ3v) is 3.81. The zero-order valence-electron chi connectivity index (χ0n) is 12.9. The summed E-state index contributed by atoms with van der Waals surface area (Å²) in [5, 5.41) is 0.390. The molecule has 2 N–H and O–H groups in total. The smallest absolute Gasteiger partial charge is 0.397 e. The van der Waals surface area contributed by atoms with E-state index in [9.17, 15) is 4.79 Å². The van der Waals surface area contributed by atoms with Gasteiger partial charge < -0.3 is 14.9 Å². The molecule has 3 rings (SSSR count). The summed E-state index contributed by atoms with van der Waals surface area (Å²) < 4.78 is 10.8. The van der Waals surface area contributed by atoms with E-state index in [4.69, 9.17) is 14.9 Å². The van der Waals surface area contributed by atoms with Crippen LogP contribution in [0.15, 0.2) is 57.7 Å². The number of hydrogen-bond donors (Lipinski definition) is 1. The maximum absolute atomic E-state index is 12.0. The largest absolute Gasteiger partial charge is 0.449 e. The Kier molecular flexibility index (Phi) is 4.28. The molecule has 0 aliphatic heterocycles. The van der Waals surface area contributed by atoms with Crippen LogP contribution in [-0.2, 0) is 0 Å². The van der Waals surface area contributed by atoms with Crippen LogP contribution in [0.2, 0.25) is 0 Å². The van der Waals surface area contributed by atoms with Gasteiger partial charge in [0, 0.05) is 11.6 Å². The highest BCUT2D eigenvalue weighted by atomic mass is 16.6. The van der Waals surface area contributed by atoms with Crippen molar-refractivity contribution in [2.75, 3.05) is 12.3 Å². The molecule has 5 heteroatoms. The van der Waals surface area contributed by atoms with Crippen LogP contribution in [0.3, 0.4) is 0 Å². The van der Waals surface area contributed by atoms with E-state index >= 15 is 0 Å². The van der Waals surface area contributed by atoms with Crippen LogP contribution in [0.25, 0.3) is 10.9 Å². The first-order valence-electron chi connectivity index (χ1n) is 7.55. The quantitative estimate of drug-likeness (QED) is 0.731. The minimum atomic E-state index is -0.474. The van der Waals surface area contributed by atoms with Crippen LogP contribution in [0.1, 0.15) is 24.8 Å². The second kappa shape index (κ2) is 6.52. The van der Waals surface area contributed by atoms with E-state index in [-0.39, 0.29) is 12.0 Å². The molecule has 3 aromatic rings. The van der Waals surface area contributed by atoms with Crippen molar-refractivity contribution in [2.24, 2.45) is 0 Å². The highest BCUT2D eigenvalue weighted by Crippen LogP contribution is 2.21. The summed E-state index contributed by atoms with van der Waals surface area (Å²) in [5.74, 6) is 0.208. The van der Waals surface area contributed by atoms with Gasteiger partial charge in [-0.3, -0.25) is 0 Å². The predicted octanol–water partition coefficient (Wildman–Crippen LogP) is 3.34. The molecule has 0 amide bonds. The molecular formula is C18H18N2O3. The molecule has 1 unspecified atom stereocenters. The minimum absolute atomic E-state index is 0.0255. The normalized spacial score (nSPS) is 12.2. The number of anilines is 1. The average Bonchev–Trinajstić information content (AvgIpc) is 2.56. The molecule has 0 fully saturated rings. The van der Waals surface area contributed by atoms with Gasteiger partial charge in [0.05, 0.1) is 17.5 Å². The number of nitrogen functional groups attached to an aromatic ring is 1. The Morgan fingerprint density at radius 2 is 2.00 bits per heavy atom. The van der Waals surface area contributed by atoms with Gasteiger partial charge in [0.25, 0.3) is 0 Å². The molecule has 0 radical (unpaired) electrons. The zero-order chi connectivity index (χ0) is 16.2. The summed E-state index contributed by atoms with van der Waals surface area (Å²) in [7, 11) is 0. The van der Waals surface area contributed by atoms with Crippen LogP contribution >= 0.6 is 0 Å². The third-order valence-electron chi connectivity index (χ3n) is 3.81. The van der Waals surface area contributed by atoms with Gasteiger partial charge >= 0.3 is 11.7 Å². The van der Waals surface area contributed by atoms with Crippen molar-refractivity contribution in [3.8, 4) is 6.08 Å². The number of nitrogens with two attached hydrogens (primary N) is 1. The van der Waals surface area contributed by atoms with Crippen LogP contribution in [0, 0.1) is 0 Å². The molecule has 2 aromatic carbocycles. The number of fused-ring (bicyclic) bond motifs is 1. The minimum Gasteiger partial charge on any atom is -0.449 e. The van der Waals surface area contributed by atoms with E-state index < -0.39 is 5.63 Å². The van der Waals surface area contributed by atoms with Crippen molar-refractivity contribution in [1.29, 1.82) is 0 Å². The van der Waals surface area contributed by atoms with Crippen molar-refractivity contribution in [3.63, 3.8) is 0 Å². The van der Waals surface area contributed by atoms with Crippen molar-refractivity contribution in [2.45, 2.75) is 19.3 Å². The SMILES string of the molecule is CCC(COc1nc2cc(N)ccc2c(=O)o1)c1ccccc1. The maximum Gasteiger partial charge on any atom is 0.397 e. The molecule has 0 spiro atoms. The van der Waals surface area contributed by atoms with E-state index in [1.54, 1.807) is 18.2 Å². The lowest BCUT2D eigenvalue weighted by Crippen LogP contribution is -2.12.